The number of carbonyl (C=O) groups excluding carboxylic acids is 4. The SMILES string of the molecule is CCOC(=O)[C@@]12CC1/C=C\CCCCC[C@H](NC(=O)OC(C)(C)C)C(=O)N1C[C@H](n3nc(-c4ccccc4)c(-c4ccc(N(C)C)cc4)n3)C[C@H]1C(=O)N2. The zero-order valence-electron chi connectivity index (χ0n) is 32.2. The fourth-order valence-electron chi connectivity index (χ4n) is 7.33. The number of nitrogens with zero attached hydrogens (tertiary/aromatic N) is 5. The molecule has 1 unspecified atom stereocenters. The standard InChI is InChI=1S/C41H53N7O6/c1-7-53-38(51)41-25-29(41)18-14-9-8-10-15-19-32(42-39(52)54-40(2,3)4)37(50)47-26-31(24-33(47)36(49)43-41)48-44-34(27-16-12-11-13-17-27)35(45-48)28-20-22-30(23-21-28)46(5)6/h11-14,16-18,20-23,29,31-33H,7-10,15,19,24-26H2,1-6H3,(H,42,52)(H,43,49)/b18-14-/t29?,31-,32+,33+,41-/m1/s1. The van der Waals surface area contributed by atoms with Crippen LogP contribution in [0, 0.1) is 5.92 Å². The van der Waals surface area contributed by atoms with Crippen LogP contribution in [0.5, 0.6) is 0 Å². The minimum absolute atomic E-state index is 0.112. The summed E-state index contributed by atoms with van der Waals surface area (Å²) in [7, 11) is 3.97. The van der Waals surface area contributed by atoms with E-state index in [0.29, 0.717) is 30.7 Å². The number of hydrogen-bond acceptors (Lipinski definition) is 9. The van der Waals surface area contributed by atoms with Crippen LogP contribution in [0.3, 0.4) is 0 Å². The van der Waals surface area contributed by atoms with Crippen molar-refractivity contribution >= 4 is 29.6 Å². The van der Waals surface area contributed by atoms with Crippen LogP contribution in [0.2, 0.25) is 0 Å². The molecule has 1 aromatic heterocycles. The van der Waals surface area contributed by atoms with Crippen LogP contribution >= 0.6 is 0 Å². The van der Waals surface area contributed by atoms with Crippen molar-refractivity contribution in [3.8, 4) is 22.5 Å². The van der Waals surface area contributed by atoms with Crippen molar-refractivity contribution in [3.63, 3.8) is 0 Å². The average molecular weight is 740 g/mol. The number of amides is 3. The van der Waals surface area contributed by atoms with E-state index in [1.807, 2.05) is 79.7 Å². The highest BCUT2D eigenvalue weighted by atomic mass is 16.6. The van der Waals surface area contributed by atoms with Gasteiger partial charge in [0, 0.05) is 49.8 Å². The first-order valence-electron chi connectivity index (χ1n) is 19.1. The highest BCUT2D eigenvalue weighted by Crippen LogP contribution is 2.46. The second-order valence-corrected chi connectivity index (χ2v) is 15.7. The van der Waals surface area contributed by atoms with Crippen molar-refractivity contribution in [2.45, 2.75) is 102 Å². The first-order chi connectivity index (χ1) is 25.8. The molecule has 288 valence electrons. The zero-order chi connectivity index (χ0) is 38.6. The molecule has 1 saturated heterocycles. The van der Waals surface area contributed by atoms with Gasteiger partial charge in [0.1, 0.15) is 34.6 Å². The molecule has 2 N–H and O–H groups in total. The molecule has 3 aromatic rings. The van der Waals surface area contributed by atoms with Gasteiger partial charge in [-0.3, -0.25) is 9.59 Å². The molecule has 2 aliphatic heterocycles. The molecule has 13 nitrogen and oxygen atoms in total. The maximum absolute atomic E-state index is 14.6. The summed E-state index contributed by atoms with van der Waals surface area (Å²) < 4.78 is 11.0. The van der Waals surface area contributed by atoms with Crippen molar-refractivity contribution in [1.82, 2.24) is 30.5 Å². The Morgan fingerprint density at radius 3 is 2.31 bits per heavy atom. The molecule has 3 amide bonds. The summed E-state index contributed by atoms with van der Waals surface area (Å²) in [6.07, 6.45) is 7.51. The lowest BCUT2D eigenvalue weighted by Gasteiger charge is -2.30. The van der Waals surface area contributed by atoms with Gasteiger partial charge in [-0.2, -0.15) is 15.0 Å². The van der Waals surface area contributed by atoms with Crippen molar-refractivity contribution in [1.29, 1.82) is 0 Å². The van der Waals surface area contributed by atoms with E-state index in [9.17, 15) is 19.2 Å². The Kier molecular flexibility index (Phi) is 11.4. The summed E-state index contributed by atoms with van der Waals surface area (Å²) in [5, 5.41) is 15.9. The normalized spacial score (nSPS) is 25.3. The molecule has 5 atom stereocenters. The van der Waals surface area contributed by atoms with E-state index >= 15 is 0 Å². The van der Waals surface area contributed by atoms with E-state index in [1.165, 1.54) is 4.90 Å². The zero-order valence-corrected chi connectivity index (χ0v) is 32.2. The number of fused-ring (bicyclic) bond motifs is 2. The quantitative estimate of drug-likeness (QED) is 0.231. The van der Waals surface area contributed by atoms with Crippen LogP contribution in [0.15, 0.2) is 66.7 Å². The number of rotatable bonds is 7. The molecule has 0 spiro atoms. The maximum Gasteiger partial charge on any atom is 0.408 e. The van der Waals surface area contributed by atoms with Crippen molar-refractivity contribution in [3.05, 3.63) is 66.7 Å². The highest BCUT2D eigenvalue weighted by molar-refractivity contribution is 5.96. The number of esters is 1. The third-order valence-corrected chi connectivity index (χ3v) is 10.2. The van der Waals surface area contributed by atoms with Gasteiger partial charge in [0.2, 0.25) is 11.8 Å². The molecule has 3 heterocycles. The van der Waals surface area contributed by atoms with Crippen LogP contribution in [0.1, 0.15) is 78.7 Å². The minimum Gasteiger partial charge on any atom is -0.464 e. The van der Waals surface area contributed by atoms with Gasteiger partial charge in [0.05, 0.1) is 12.6 Å². The number of anilines is 1. The molecule has 1 saturated carbocycles. The van der Waals surface area contributed by atoms with Gasteiger partial charge >= 0.3 is 12.1 Å². The molecule has 3 aliphatic rings. The van der Waals surface area contributed by atoms with Crippen LogP contribution in [-0.2, 0) is 23.9 Å². The molecule has 0 bridgehead atoms. The lowest BCUT2D eigenvalue weighted by molar-refractivity contribution is -0.150. The summed E-state index contributed by atoms with van der Waals surface area (Å²) >= 11 is 0. The molecule has 2 fully saturated rings. The van der Waals surface area contributed by atoms with E-state index < -0.39 is 53.1 Å². The van der Waals surface area contributed by atoms with Gasteiger partial charge in [0.15, 0.2) is 0 Å². The van der Waals surface area contributed by atoms with Crippen LogP contribution < -0.4 is 15.5 Å². The topological polar surface area (TPSA) is 148 Å². The van der Waals surface area contributed by atoms with Crippen LogP contribution in [0.4, 0.5) is 10.5 Å². The van der Waals surface area contributed by atoms with Crippen molar-refractivity contribution < 1.29 is 28.7 Å². The van der Waals surface area contributed by atoms with Crippen LogP contribution in [-0.4, -0.2) is 94.2 Å². The van der Waals surface area contributed by atoms with Gasteiger partial charge < -0.3 is 29.9 Å². The molecular formula is C41H53N7O6. The predicted octanol–water partition coefficient (Wildman–Crippen LogP) is 5.67. The summed E-state index contributed by atoms with van der Waals surface area (Å²) in [6, 6.07) is 15.5. The fraction of sp³-hybridized carbons (Fsp3) is 0.512. The number of hydrogen-bond donors (Lipinski definition) is 2. The second-order valence-electron chi connectivity index (χ2n) is 15.7. The summed E-state index contributed by atoms with van der Waals surface area (Å²) in [4.78, 5) is 60.6. The van der Waals surface area contributed by atoms with Gasteiger partial charge in [-0.05, 0) is 65.5 Å². The largest absolute Gasteiger partial charge is 0.464 e. The Bertz CT molecular complexity index is 1850. The van der Waals surface area contributed by atoms with Gasteiger partial charge in [0.25, 0.3) is 0 Å². The van der Waals surface area contributed by atoms with Gasteiger partial charge in [-0.15, -0.1) is 0 Å². The lowest BCUT2D eigenvalue weighted by Crippen LogP contribution is -2.56. The summed E-state index contributed by atoms with van der Waals surface area (Å²) in [6.45, 7) is 7.32. The summed E-state index contributed by atoms with van der Waals surface area (Å²) in [5.41, 5.74) is 2.16. The Labute approximate surface area is 317 Å². The summed E-state index contributed by atoms with van der Waals surface area (Å²) in [5.74, 6) is -1.56. The monoisotopic (exact) mass is 739 g/mol. The van der Waals surface area contributed by atoms with E-state index in [2.05, 4.69) is 16.7 Å². The maximum atomic E-state index is 14.6. The second kappa shape index (κ2) is 16.0. The molecule has 0 radical (unpaired) electrons. The molecule has 54 heavy (non-hydrogen) atoms. The number of ether oxygens (including phenoxy) is 2. The third kappa shape index (κ3) is 8.61. The number of carbonyl (C=O) groups is 4. The van der Waals surface area contributed by atoms with E-state index in [4.69, 9.17) is 19.7 Å². The number of aromatic nitrogens is 3. The number of allylic oxidation sites excluding steroid dienone is 1. The lowest BCUT2D eigenvalue weighted by atomic mass is 10.0. The van der Waals surface area contributed by atoms with E-state index in [1.54, 1.807) is 32.5 Å². The molecule has 2 aromatic carbocycles. The highest BCUT2D eigenvalue weighted by Gasteiger charge is 2.62. The first kappa shape index (κ1) is 38.5. The molecule has 6 rings (SSSR count). The minimum atomic E-state index is -1.21. The predicted molar refractivity (Wildman–Crippen MR) is 205 cm³/mol. The molecule has 13 heteroatoms. The van der Waals surface area contributed by atoms with Crippen LogP contribution in [0.25, 0.3) is 22.5 Å². The van der Waals surface area contributed by atoms with Crippen molar-refractivity contribution in [2.75, 3.05) is 32.1 Å². The Balaban J connectivity index is 1.38. The van der Waals surface area contributed by atoms with E-state index in [0.717, 1.165) is 36.1 Å². The fourth-order valence-corrected chi connectivity index (χ4v) is 7.33. The number of alkyl carbamates (subject to hydrolysis) is 1. The Hall–Kier alpha value is -5.20. The smallest absolute Gasteiger partial charge is 0.408 e. The van der Waals surface area contributed by atoms with E-state index in [-0.39, 0.29) is 25.5 Å². The third-order valence-electron chi connectivity index (χ3n) is 10.2. The Morgan fingerprint density at radius 2 is 1.67 bits per heavy atom. The Morgan fingerprint density at radius 1 is 0.981 bits per heavy atom. The van der Waals surface area contributed by atoms with Gasteiger partial charge in [-0.25, -0.2) is 9.59 Å². The number of nitrogens with one attached hydrogen (secondary N) is 2. The van der Waals surface area contributed by atoms with Gasteiger partial charge in [-0.1, -0.05) is 67.5 Å². The first-order valence-corrected chi connectivity index (χ1v) is 19.1. The average Bonchev–Trinajstić information content (AvgIpc) is 3.43. The number of benzene rings is 2. The molecule has 1 aliphatic carbocycles. The van der Waals surface area contributed by atoms with Crippen molar-refractivity contribution in [2.24, 2.45) is 5.92 Å². The molecular weight excluding hydrogens is 686 g/mol.